The first-order chi connectivity index (χ1) is 11.6. The van der Waals surface area contributed by atoms with Crippen LogP contribution in [0.5, 0.6) is 0 Å². The highest BCUT2D eigenvalue weighted by Gasteiger charge is 2.15. The van der Waals surface area contributed by atoms with Crippen LogP contribution in [0.1, 0.15) is 17.2 Å². The van der Waals surface area contributed by atoms with Crippen molar-refractivity contribution < 1.29 is 4.79 Å². The summed E-state index contributed by atoms with van der Waals surface area (Å²) in [6, 6.07) is 18.5. The lowest BCUT2D eigenvalue weighted by Gasteiger charge is -2.25. The van der Waals surface area contributed by atoms with Gasteiger partial charge in [-0.1, -0.05) is 48.5 Å². The van der Waals surface area contributed by atoms with Gasteiger partial charge >= 0.3 is 0 Å². The van der Waals surface area contributed by atoms with Crippen molar-refractivity contribution in [3.8, 4) is 0 Å². The third-order valence-corrected chi connectivity index (χ3v) is 4.33. The van der Waals surface area contributed by atoms with E-state index in [1.54, 1.807) is 0 Å². The van der Waals surface area contributed by atoms with E-state index in [9.17, 15) is 4.79 Å². The Balaban J connectivity index is 1.64. The number of carbonyl (C=O) groups is 1. The average molecular weight is 321 g/mol. The van der Waals surface area contributed by atoms with Gasteiger partial charge in [0.05, 0.1) is 12.5 Å². The van der Waals surface area contributed by atoms with Crippen LogP contribution in [-0.2, 0) is 11.2 Å². The molecular weight excluding hydrogens is 298 g/mol. The fourth-order valence-electron chi connectivity index (χ4n) is 3.00. The summed E-state index contributed by atoms with van der Waals surface area (Å²) in [6.07, 6.45) is 2.31. The fourth-order valence-corrected chi connectivity index (χ4v) is 3.00. The van der Waals surface area contributed by atoms with Crippen molar-refractivity contribution in [2.24, 2.45) is 0 Å². The molecule has 24 heavy (non-hydrogen) atoms. The van der Waals surface area contributed by atoms with Gasteiger partial charge < -0.3 is 15.2 Å². The first kappa shape index (κ1) is 16.3. The maximum absolute atomic E-state index is 12.4. The normalized spacial score (nSPS) is 12.5. The van der Waals surface area contributed by atoms with Crippen molar-refractivity contribution in [1.82, 2.24) is 15.2 Å². The van der Waals surface area contributed by atoms with Crippen molar-refractivity contribution in [3.05, 3.63) is 71.9 Å². The van der Waals surface area contributed by atoms with Crippen LogP contribution in [0.3, 0.4) is 0 Å². The van der Waals surface area contributed by atoms with Gasteiger partial charge in [0.25, 0.3) is 0 Å². The Morgan fingerprint density at radius 3 is 2.54 bits per heavy atom. The van der Waals surface area contributed by atoms with Crippen molar-refractivity contribution in [3.63, 3.8) is 0 Å². The average Bonchev–Trinajstić information content (AvgIpc) is 2.99. The summed E-state index contributed by atoms with van der Waals surface area (Å²) in [6.45, 7) is 0.595. The van der Waals surface area contributed by atoms with Crippen LogP contribution in [-0.4, -0.2) is 36.4 Å². The number of aromatic nitrogens is 1. The number of carbonyl (C=O) groups excluding carboxylic acids is 1. The van der Waals surface area contributed by atoms with Crippen LogP contribution in [0.15, 0.2) is 60.8 Å². The molecule has 4 heteroatoms. The lowest BCUT2D eigenvalue weighted by molar-refractivity contribution is -0.120. The second-order valence-electron chi connectivity index (χ2n) is 6.23. The van der Waals surface area contributed by atoms with Gasteiger partial charge in [-0.3, -0.25) is 4.79 Å². The minimum absolute atomic E-state index is 0.0440. The Bertz CT molecular complexity index is 808. The van der Waals surface area contributed by atoms with E-state index in [4.69, 9.17) is 0 Å². The zero-order chi connectivity index (χ0) is 16.9. The number of nitrogens with one attached hydrogen (secondary N) is 2. The highest BCUT2D eigenvalue weighted by Crippen LogP contribution is 2.19. The van der Waals surface area contributed by atoms with Crippen LogP contribution < -0.4 is 5.32 Å². The minimum Gasteiger partial charge on any atom is -0.361 e. The van der Waals surface area contributed by atoms with Gasteiger partial charge in [-0.15, -0.1) is 0 Å². The molecule has 4 nitrogen and oxygen atoms in total. The molecule has 0 saturated carbocycles. The molecule has 1 amide bonds. The second-order valence-corrected chi connectivity index (χ2v) is 6.23. The van der Waals surface area contributed by atoms with Crippen LogP contribution in [0.2, 0.25) is 0 Å². The topological polar surface area (TPSA) is 48.1 Å². The number of H-pyrrole nitrogens is 1. The molecule has 0 saturated heterocycles. The van der Waals surface area contributed by atoms with Gasteiger partial charge in [-0.05, 0) is 31.3 Å². The van der Waals surface area contributed by atoms with Crippen LogP contribution in [0.4, 0.5) is 0 Å². The molecule has 2 aromatic carbocycles. The monoisotopic (exact) mass is 321 g/mol. The number of para-hydroxylation sites is 1. The smallest absolute Gasteiger partial charge is 0.224 e. The van der Waals surface area contributed by atoms with E-state index in [0.29, 0.717) is 13.0 Å². The van der Waals surface area contributed by atoms with E-state index in [0.717, 1.165) is 16.5 Å². The van der Waals surface area contributed by atoms with E-state index in [1.165, 1.54) is 5.56 Å². The standard InChI is InChI=1S/C20H23N3O/c1-23(2)19(15-8-4-3-5-9-15)14-22-20(24)12-16-13-21-18-11-7-6-10-17(16)18/h3-11,13,19,21H,12,14H2,1-2H3,(H,22,24)/t19-/m0/s1. The van der Waals surface area contributed by atoms with Crippen LogP contribution in [0, 0.1) is 0 Å². The molecule has 0 bridgehead atoms. The zero-order valence-corrected chi connectivity index (χ0v) is 14.1. The van der Waals surface area contributed by atoms with E-state index < -0.39 is 0 Å². The van der Waals surface area contributed by atoms with Crippen molar-refractivity contribution in [1.29, 1.82) is 0 Å². The molecule has 3 rings (SSSR count). The molecule has 0 fully saturated rings. The quantitative estimate of drug-likeness (QED) is 0.733. The number of rotatable bonds is 6. The van der Waals surface area contributed by atoms with Gasteiger partial charge in [0.2, 0.25) is 5.91 Å². The summed E-state index contributed by atoms with van der Waals surface area (Å²) in [5.74, 6) is 0.0440. The predicted octanol–water partition coefficient (Wildman–Crippen LogP) is 3.13. The molecule has 0 spiro atoms. The molecule has 0 unspecified atom stereocenters. The number of likely N-dealkylation sites (N-methyl/N-ethyl adjacent to an activating group) is 1. The molecule has 124 valence electrons. The summed E-state index contributed by atoms with van der Waals surface area (Å²) < 4.78 is 0. The summed E-state index contributed by atoms with van der Waals surface area (Å²) in [5, 5.41) is 4.18. The summed E-state index contributed by atoms with van der Waals surface area (Å²) in [5.41, 5.74) is 3.30. The highest BCUT2D eigenvalue weighted by atomic mass is 16.1. The van der Waals surface area contributed by atoms with Crippen molar-refractivity contribution in [2.75, 3.05) is 20.6 Å². The zero-order valence-electron chi connectivity index (χ0n) is 14.1. The molecule has 0 aliphatic rings. The number of aromatic amines is 1. The van der Waals surface area contributed by atoms with Gasteiger partial charge in [0, 0.05) is 23.6 Å². The van der Waals surface area contributed by atoms with Gasteiger partial charge in [0.15, 0.2) is 0 Å². The third kappa shape index (κ3) is 3.66. The van der Waals surface area contributed by atoms with Crippen molar-refractivity contribution >= 4 is 16.8 Å². The first-order valence-electron chi connectivity index (χ1n) is 8.18. The molecule has 0 radical (unpaired) electrons. The predicted molar refractivity (Wildman–Crippen MR) is 97.9 cm³/mol. The van der Waals surface area contributed by atoms with Gasteiger partial charge in [0.1, 0.15) is 0 Å². The van der Waals surface area contributed by atoms with Gasteiger partial charge in [-0.25, -0.2) is 0 Å². The lowest BCUT2D eigenvalue weighted by atomic mass is 10.1. The number of benzene rings is 2. The summed E-state index contributed by atoms with van der Waals surface area (Å²) in [4.78, 5) is 17.7. The van der Waals surface area contributed by atoms with Crippen LogP contribution in [0.25, 0.3) is 10.9 Å². The second kappa shape index (κ2) is 7.32. The molecule has 2 N–H and O–H groups in total. The third-order valence-electron chi connectivity index (χ3n) is 4.33. The molecular formula is C20H23N3O. The Morgan fingerprint density at radius 1 is 1.08 bits per heavy atom. The summed E-state index contributed by atoms with van der Waals surface area (Å²) in [7, 11) is 4.06. The van der Waals surface area contributed by atoms with Crippen molar-refractivity contribution in [2.45, 2.75) is 12.5 Å². The van der Waals surface area contributed by atoms with E-state index in [-0.39, 0.29) is 11.9 Å². The van der Waals surface area contributed by atoms with E-state index in [2.05, 4.69) is 27.3 Å². The minimum atomic E-state index is 0.0440. The Hall–Kier alpha value is -2.59. The largest absolute Gasteiger partial charge is 0.361 e. The molecule has 3 aromatic rings. The number of amides is 1. The Labute approximate surface area is 142 Å². The van der Waals surface area contributed by atoms with E-state index >= 15 is 0 Å². The summed E-state index contributed by atoms with van der Waals surface area (Å²) >= 11 is 0. The first-order valence-corrected chi connectivity index (χ1v) is 8.18. The number of hydrogen-bond donors (Lipinski definition) is 2. The van der Waals surface area contributed by atoms with E-state index in [1.807, 2.05) is 62.8 Å². The Kier molecular flexibility index (Phi) is 4.96. The highest BCUT2D eigenvalue weighted by molar-refractivity contribution is 5.88. The maximum atomic E-state index is 12.4. The molecule has 1 aromatic heterocycles. The molecule has 0 aliphatic heterocycles. The number of fused-ring (bicyclic) bond motifs is 1. The Morgan fingerprint density at radius 2 is 1.79 bits per heavy atom. The lowest BCUT2D eigenvalue weighted by Crippen LogP contribution is -2.35. The fraction of sp³-hybridized carbons (Fsp3) is 0.250. The SMILES string of the molecule is CN(C)[C@@H](CNC(=O)Cc1c[nH]c2ccccc12)c1ccccc1. The number of hydrogen-bond acceptors (Lipinski definition) is 2. The van der Waals surface area contributed by atoms with Crippen LogP contribution >= 0.6 is 0 Å². The molecule has 1 atom stereocenters. The van der Waals surface area contributed by atoms with Gasteiger partial charge in [-0.2, -0.15) is 0 Å². The number of nitrogens with zero attached hydrogens (tertiary/aromatic N) is 1. The molecule has 0 aliphatic carbocycles. The maximum Gasteiger partial charge on any atom is 0.224 e. The molecule has 1 heterocycles.